The van der Waals surface area contributed by atoms with Gasteiger partial charge in [-0.05, 0) is 58.0 Å². The molecule has 0 atom stereocenters. The predicted molar refractivity (Wildman–Crippen MR) is 103 cm³/mol. The Kier molecular flexibility index (Phi) is 4.57. The minimum atomic E-state index is -0.519. The zero-order chi connectivity index (χ0) is 19.0. The van der Waals surface area contributed by atoms with Crippen molar-refractivity contribution in [2.24, 2.45) is 10.2 Å². The first-order chi connectivity index (χ1) is 13.0. The molecule has 4 rings (SSSR count). The Morgan fingerprint density at radius 2 is 2.00 bits per heavy atom. The van der Waals surface area contributed by atoms with Gasteiger partial charge in [0.15, 0.2) is 0 Å². The van der Waals surface area contributed by atoms with Crippen molar-refractivity contribution in [2.45, 2.75) is 32.7 Å². The number of benzene rings is 1. The van der Waals surface area contributed by atoms with Gasteiger partial charge < -0.3 is 11.1 Å². The van der Waals surface area contributed by atoms with Gasteiger partial charge in [0, 0.05) is 5.56 Å². The molecule has 1 saturated heterocycles. The summed E-state index contributed by atoms with van der Waals surface area (Å²) in [5.74, 6) is -0.519. The van der Waals surface area contributed by atoms with E-state index in [4.69, 9.17) is 5.73 Å². The zero-order valence-corrected chi connectivity index (χ0v) is 15.4. The lowest BCUT2D eigenvalue weighted by atomic mass is 10.1. The van der Waals surface area contributed by atoms with Gasteiger partial charge in [-0.1, -0.05) is 0 Å². The second kappa shape index (κ2) is 7.03. The quantitative estimate of drug-likeness (QED) is 0.547. The van der Waals surface area contributed by atoms with Crippen molar-refractivity contribution in [3.8, 4) is 11.3 Å². The van der Waals surface area contributed by atoms with Crippen LogP contribution >= 0.6 is 0 Å². The SMILES string of the molecule is Cc1cn2nc(-c3cc(F)c(N)c(N=NC4CCNCC4)c3)cc2c(C)n1. The predicted octanol–water partition coefficient (Wildman–Crippen LogP) is 3.57. The maximum atomic E-state index is 14.4. The molecule has 8 heteroatoms. The Balaban J connectivity index is 1.72. The van der Waals surface area contributed by atoms with Gasteiger partial charge in [-0.2, -0.15) is 15.3 Å². The van der Waals surface area contributed by atoms with E-state index in [9.17, 15) is 4.39 Å². The molecule has 1 aromatic carbocycles. The number of aryl methyl sites for hydroxylation is 2. The van der Waals surface area contributed by atoms with Gasteiger partial charge in [0.1, 0.15) is 11.5 Å². The highest BCUT2D eigenvalue weighted by Gasteiger charge is 2.15. The molecule has 0 radical (unpaired) electrons. The highest BCUT2D eigenvalue weighted by molar-refractivity contribution is 5.75. The molecule has 0 amide bonds. The zero-order valence-electron chi connectivity index (χ0n) is 15.4. The molecule has 0 bridgehead atoms. The van der Waals surface area contributed by atoms with E-state index in [-0.39, 0.29) is 11.7 Å². The van der Waals surface area contributed by atoms with E-state index in [2.05, 4.69) is 25.6 Å². The van der Waals surface area contributed by atoms with E-state index in [1.165, 1.54) is 6.07 Å². The van der Waals surface area contributed by atoms with E-state index in [0.29, 0.717) is 16.9 Å². The average Bonchev–Trinajstić information content (AvgIpc) is 3.08. The van der Waals surface area contributed by atoms with Crippen molar-refractivity contribution < 1.29 is 4.39 Å². The summed E-state index contributed by atoms with van der Waals surface area (Å²) < 4.78 is 16.2. The van der Waals surface area contributed by atoms with Gasteiger partial charge in [0.2, 0.25) is 0 Å². The third-order valence-corrected chi connectivity index (χ3v) is 4.80. The molecule has 1 aliphatic rings. The number of anilines is 1. The number of fused-ring (bicyclic) bond motifs is 1. The maximum absolute atomic E-state index is 14.4. The molecule has 2 aromatic heterocycles. The van der Waals surface area contributed by atoms with Crippen LogP contribution in [-0.4, -0.2) is 33.7 Å². The van der Waals surface area contributed by atoms with Gasteiger partial charge >= 0.3 is 0 Å². The molecule has 27 heavy (non-hydrogen) atoms. The second-order valence-electron chi connectivity index (χ2n) is 6.91. The number of piperidine rings is 1. The van der Waals surface area contributed by atoms with E-state index in [1.54, 1.807) is 10.6 Å². The lowest BCUT2D eigenvalue weighted by Gasteiger charge is -2.17. The molecule has 1 fully saturated rings. The van der Waals surface area contributed by atoms with E-state index in [0.717, 1.165) is 42.8 Å². The molecular weight excluding hydrogens is 345 g/mol. The third kappa shape index (κ3) is 3.52. The average molecular weight is 367 g/mol. The molecule has 7 nitrogen and oxygen atoms in total. The van der Waals surface area contributed by atoms with Gasteiger partial charge in [0.05, 0.1) is 40.5 Å². The Labute approximate surface area is 156 Å². The number of aromatic nitrogens is 3. The first-order valence-electron chi connectivity index (χ1n) is 9.06. The molecule has 140 valence electrons. The van der Waals surface area contributed by atoms with Gasteiger partial charge in [-0.15, -0.1) is 0 Å². The lowest BCUT2D eigenvalue weighted by molar-refractivity contribution is 0.448. The van der Waals surface area contributed by atoms with Gasteiger partial charge in [-0.25, -0.2) is 8.91 Å². The van der Waals surface area contributed by atoms with Crippen LogP contribution in [0.4, 0.5) is 15.8 Å². The molecule has 3 aromatic rings. The van der Waals surface area contributed by atoms with Crippen molar-refractivity contribution in [1.82, 2.24) is 19.9 Å². The van der Waals surface area contributed by atoms with Crippen molar-refractivity contribution in [1.29, 1.82) is 0 Å². The summed E-state index contributed by atoms with van der Waals surface area (Å²) >= 11 is 0. The molecule has 0 saturated carbocycles. The minimum absolute atomic E-state index is 0.00823. The van der Waals surface area contributed by atoms with Gasteiger partial charge in [0.25, 0.3) is 0 Å². The highest BCUT2D eigenvalue weighted by Crippen LogP contribution is 2.33. The number of hydrogen-bond donors (Lipinski definition) is 2. The number of hydrogen-bond acceptors (Lipinski definition) is 6. The summed E-state index contributed by atoms with van der Waals surface area (Å²) in [6.07, 6.45) is 3.69. The van der Waals surface area contributed by atoms with Crippen LogP contribution in [0.25, 0.3) is 16.8 Å². The normalized spacial score (nSPS) is 15.8. The lowest BCUT2D eigenvalue weighted by Crippen LogP contribution is -2.29. The van der Waals surface area contributed by atoms with Crippen LogP contribution < -0.4 is 11.1 Å². The molecule has 3 N–H and O–H groups in total. The second-order valence-corrected chi connectivity index (χ2v) is 6.91. The smallest absolute Gasteiger partial charge is 0.149 e. The number of nitrogens with one attached hydrogen (secondary N) is 1. The number of nitrogen functional groups attached to an aromatic ring is 1. The fourth-order valence-electron chi connectivity index (χ4n) is 3.33. The molecule has 1 aliphatic heterocycles. The number of nitrogens with two attached hydrogens (primary N) is 1. The number of nitrogens with zero attached hydrogens (tertiary/aromatic N) is 5. The summed E-state index contributed by atoms with van der Waals surface area (Å²) in [7, 11) is 0. The number of halogens is 1. The van der Waals surface area contributed by atoms with Crippen molar-refractivity contribution in [3.63, 3.8) is 0 Å². The third-order valence-electron chi connectivity index (χ3n) is 4.80. The summed E-state index contributed by atoms with van der Waals surface area (Å²) in [6.45, 7) is 5.68. The summed E-state index contributed by atoms with van der Waals surface area (Å²) in [5.41, 5.74) is 10.1. The Morgan fingerprint density at radius 1 is 1.22 bits per heavy atom. The first kappa shape index (κ1) is 17.5. The van der Waals surface area contributed by atoms with Crippen LogP contribution in [0.5, 0.6) is 0 Å². The largest absolute Gasteiger partial charge is 0.395 e. The Bertz CT molecular complexity index is 1020. The van der Waals surface area contributed by atoms with Crippen LogP contribution in [0.1, 0.15) is 24.2 Å². The maximum Gasteiger partial charge on any atom is 0.149 e. The van der Waals surface area contributed by atoms with Crippen molar-refractivity contribution >= 4 is 16.9 Å². The molecule has 0 unspecified atom stereocenters. The van der Waals surface area contributed by atoms with Crippen LogP contribution in [0, 0.1) is 19.7 Å². The summed E-state index contributed by atoms with van der Waals surface area (Å²) in [6, 6.07) is 5.15. The van der Waals surface area contributed by atoms with Crippen molar-refractivity contribution in [2.75, 3.05) is 18.8 Å². The standard InChI is InChI=1S/C19H22FN7/c1-11-10-27-18(12(2)23-11)9-16(26-27)13-7-15(20)19(21)17(8-13)25-24-14-3-5-22-6-4-14/h7-10,14,22H,3-6,21H2,1-2H3. The van der Waals surface area contributed by atoms with Crippen LogP contribution in [0.2, 0.25) is 0 Å². The number of azo groups is 1. The van der Waals surface area contributed by atoms with Crippen LogP contribution in [-0.2, 0) is 0 Å². The van der Waals surface area contributed by atoms with E-state index in [1.807, 2.05) is 26.1 Å². The number of rotatable bonds is 3. The summed E-state index contributed by atoms with van der Waals surface area (Å²) in [5, 5.41) is 16.4. The Morgan fingerprint density at radius 3 is 2.78 bits per heavy atom. The monoisotopic (exact) mass is 367 g/mol. The Hall–Kier alpha value is -2.87. The van der Waals surface area contributed by atoms with Crippen molar-refractivity contribution in [3.05, 3.63) is 41.6 Å². The fraction of sp³-hybridized carbons (Fsp3) is 0.368. The fourth-order valence-corrected chi connectivity index (χ4v) is 3.33. The highest BCUT2D eigenvalue weighted by atomic mass is 19.1. The van der Waals surface area contributed by atoms with Crippen LogP contribution in [0.3, 0.4) is 0 Å². The topological polar surface area (TPSA) is 93.0 Å². The first-order valence-corrected chi connectivity index (χ1v) is 9.06. The van der Waals surface area contributed by atoms with E-state index < -0.39 is 5.82 Å². The summed E-state index contributed by atoms with van der Waals surface area (Å²) in [4.78, 5) is 4.45. The van der Waals surface area contributed by atoms with Gasteiger partial charge in [-0.3, -0.25) is 4.98 Å². The molecule has 0 spiro atoms. The molecule has 3 heterocycles. The minimum Gasteiger partial charge on any atom is -0.395 e. The molecular formula is C19H22FN7. The molecule has 0 aliphatic carbocycles. The van der Waals surface area contributed by atoms with Crippen LogP contribution in [0.15, 0.2) is 34.6 Å². The van der Waals surface area contributed by atoms with E-state index >= 15 is 0 Å².